The Hall–Kier alpha value is -2.08. The Labute approximate surface area is 141 Å². The number of carboxylic acid groups (broad SMARTS) is 1. The van der Waals surface area contributed by atoms with Crippen molar-refractivity contribution in [2.24, 2.45) is 17.8 Å². The Balaban J connectivity index is 1.51. The first-order valence-electron chi connectivity index (χ1n) is 8.56. The number of hydrogen-bond donors (Lipinski definition) is 4. The molecule has 1 aromatic carbocycles. The van der Waals surface area contributed by atoms with Crippen molar-refractivity contribution in [2.45, 2.75) is 38.3 Å². The molecule has 0 bridgehead atoms. The van der Waals surface area contributed by atoms with Crippen LogP contribution in [0.3, 0.4) is 0 Å². The van der Waals surface area contributed by atoms with E-state index in [0.29, 0.717) is 18.4 Å². The van der Waals surface area contributed by atoms with Crippen LogP contribution in [0.4, 0.5) is 4.79 Å². The van der Waals surface area contributed by atoms with Crippen LogP contribution in [0, 0.1) is 17.8 Å². The third kappa shape index (κ3) is 4.26. The molecule has 0 radical (unpaired) electrons. The second-order valence-corrected chi connectivity index (χ2v) is 6.88. The minimum atomic E-state index is -0.963. The van der Waals surface area contributed by atoms with Gasteiger partial charge in [-0.05, 0) is 55.2 Å². The first-order valence-corrected chi connectivity index (χ1v) is 8.56. The van der Waals surface area contributed by atoms with Crippen LogP contribution in [-0.4, -0.2) is 34.9 Å². The van der Waals surface area contributed by atoms with Gasteiger partial charge >= 0.3 is 12.0 Å². The van der Waals surface area contributed by atoms with Crippen molar-refractivity contribution >= 4 is 12.0 Å². The van der Waals surface area contributed by atoms with Gasteiger partial charge in [-0.25, -0.2) is 9.59 Å². The molecule has 3 rings (SSSR count). The van der Waals surface area contributed by atoms with Crippen molar-refractivity contribution in [1.29, 1.82) is 0 Å². The fraction of sp³-hybridized carbons (Fsp3) is 0.556. The zero-order valence-electron chi connectivity index (χ0n) is 13.6. The molecule has 0 spiro atoms. The summed E-state index contributed by atoms with van der Waals surface area (Å²) in [7, 11) is 0. The van der Waals surface area contributed by atoms with E-state index >= 15 is 0 Å². The molecule has 0 saturated heterocycles. The van der Waals surface area contributed by atoms with Gasteiger partial charge < -0.3 is 20.8 Å². The molecule has 1 aromatic rings. The maximum atomic E-state index is 12.2. The van der Waals surface area contributed by atoms with Gasteiger partial charge in [0.25, 0.3) is 0 Å². The number of carboxylic acids is 1. The van der Waals surface area contributed by atoms with Crippen LogP contribution in [0.5, 0.6) is 0 Å². The molecule has 2 unspecified atom stereocenters. The minimum Gasteiger partial charge on any atom is -0.478 e. The predicted octanol–water partition coefficient (Wildman–Crippen LogP) is 1.98. The van der Waals surface area contributed by atoms with Gasteiger partial charge in [-0.1, -0.05) is 12.1 Å². The topological polar surface area (TPSA) is 98.7 Å². The van der Waals surface area contributed by atoms with Crippen molar-refractivity contribution in [3.05, 3.63) is 35.4 Å². The van der Waals surface area contributed by atoms with Crippen molar-refractivity contribution in [3.8, 4) is 0 Å². The van der Waals surface area contributed by atoms with E-state index in [0.717, 1.165) is 31.2 Å². The van der Waals surface area contributed by atoms with E-state index in [4.69, 9.17) is 5.11 Å². The highest BCUT2D eigenvalue weighted by Crippen LogP contribution is 2.44. The maximum Gasteiger partial charge on any atom is 0.335 e. The van der Waals surface area contributed by atoms with Gasteiger partial charge in [0.05, 0.1) is 5.56 Å². The lowest BCUT2D eigenvalue weighted by Crippen LogP contribution is -2.48. The zero-order chi connectivity index (χ0) is 17.1. The molecule has 4 N–H and O–H groups in total. The molecule has 6 nitrogen and oxygen atoms in total. The van der Waals surface area contributed by atoms with E-state index in [1.54, 1.807) is 12.1 Å². The smallest absolute Gasteiger partial charge is 0.335 e. The number of hydrogen-bond acceptors (Lipinski definition) is 3. The summed E-state index contributed by atoms with van der Waals surface area (Å²) in [6, 6.07) is 6.27. The predicted molar refractivity (Wildman–Crippen MR) is 88.6 cm³/mol. The Morgan fingerprint density at radius 3 is 2.21 bits per heavy atom. The highest BCUT2D eigenvalue weighted by Gasteiger charge is 2.43. The highest BCUT2D eigenvalue weighted by molar-refractivity contribution is 5.87. The van der Waals surface area contributed by atoms with Crippen molar-refractivity contribution in [3.63, 3.8) is 0 Å². The second-order valence-electron chi connectivity index (χ2n) is 6.88. The molecular formula is C18H24N2O4. The standard InChI is InChI=1S/C18H24N2O4/c21-10-15(12-5-6-12)16(13-7-8-13)20-18(24)19-9-11-1-3-14(4-2-11)17(22)23/h1-4,12-13,15-16,21H,5-10H2,(H,22,23)(H2,19,20,24). The lowest BCUT2D eigenvalue weighted by Gasteiger charge is -2.27. The van der Waals surface area contributed by atoms with Crippen LogP contribution < -0.4 is 10.6 Å². The summed E-state index contributed by atoms with van der Waals surface area (Å²) in [5.41, 5.74) is 1.08. The molecule has 2 amide bonds. The summed E-state index contributed by atoms with van der Waals surface area (Å²) in [4.78, 5) is 23.0. The molecule has 0 aromatic heterocycles. The first kappa shape index (κ1) is 16.8. The van der Waals surface area contributed by atoms with Crippen LogP contribution in [-0.2, 0) is 6.54 Å². The third-order valence-electron chi connectivity index (χ3n) is 4.98. The number of aliphatic hydroxyl groups excluding tert-OH is 1. The summed E-state index contributed by atoms with van der Waals surface area (Å²) in [6.07, 6.45) is 4.52. The fourth-order valence-corrected chi connectivity index (χ4v) is 3.26. The molecule has 130 valence electrons. The lowest BCUT2D eigenvalue weighted by molar-refractivity contribution is 0.0697. The summed E-state index contributed by atoms with van der Waals surface area (Å²) in [6.45, 7) is 0.471. The summed E-state index contributed by atoms with van der Waals surface area (Å²) < 4.78 is 0. The van der Waals surface area contributed by atoms with Gasteiger partial charge in [-0.3, -0.25) is 0 Å². The van der Waals surface area contributed by atoms with Crippen LogP contribution in [0.25, 0.3) is 0 Å². The highest BCUT2D eigenvalue weighted by atomic mass is 16.4. The Bertz CT molecular complexity index is 594. The van der Waals surface area contributed by atoms with E-state index in [1.165, 1.54) is 12.1 Å². The molecule has 6 heteroatoms. The van der Waals surface area contributed by atoms with E-state index in [2.05, 4.69) is 10.6 Å². The zero-order valence-corrected chi connectivity index (χ0v) is 13.6. The monoisotopic (exact) mass is 332 g/mol. The number of aromatic carboxylic acids is 1. The van der Waals surface area contributed by atoms with Gasteiger partial charge in [0.1, 0.15) is 0 Å². The fourth-order valence-electron chi connectivity index (χ4n) is 3.26. The van der Waals surface area contributed by atoms with Gasteiger partial charge in [-0.15, -0.1) is 0 Å². The number of carbonyl (C=O) groups is 2. The summed E-state index contributed by atoms with van der Waals surface area (Å²) >= 11 is 0. The molecule has 2 aliphatic carbocycles. The average molecular weight is 332 g/mol. The number of benzene rings is 1. The summed E-state index contributed by atoms with van der Waals surface area (Å²) in [5.74, 6) is 0.237. The third-order valence-corrected chi connectivity index (χ3v) is 4.98. The quantitative estimate of drug-likeness (QED) is 0.585. The van der Waals surface area contributed by atoms with Crippen LogP contribution in [0.2, 0.25) is 0 Å². The average Bonchev–Trinajstić information content (AvgIpc) is 3.46. The number of carbonyl (C=O) groups excluding carboxylic acids is 1. The maximum absolute atomic E-state index is 12.2. The number of amides is 2. The molecule has 2 fully saturated rings. The van der Waals surface area contributed by atoms with Crippen molar-refractivity contribution in [1.82, 2.24) is 10.6 Å². The molecule has 0 aliphatic heterocycles. The molecule has 0 heterocycles. The normalized spacial score (nSPS) is 19.4. The molecule has 2 saturated carbocycles. The number of nitrogens with one attached hydrogen (secondary N) is 2. The van der Waals surface area contributed by atoms with Gasteiger partial charge in [0.2, 0.25) is 0 Å². The van der Waals surface area contributed by atoms with Crippen LogP contribution >= 0.6 is 0 Å². The van der Waals surface area contributed by atoms with E-state index in [1.807, 2.05) is 0 Å². The Kier molecular flexibility index (Phi) is 5.04. The largest absolute Gasteiger partial charge is 0.478 e. The van der Waals surface area contributed by atoms with E-state index in [9.17, 15) is 14.7 Å². The molecule has 2 aliphatic rings. The number of aliphatic hydroxyl groups is 1. The molecule has 24 heavy (non-hydrogen) atoms. The lowest BCUT2D eigenvalue weighted by atomic mass is 9.92. The Morgan fingerprint density at radius 2 is 1.71 bits per heavy atom. The first-order chi connectivity index (χ1) is 11.6. The second kappa shape index (κ2) is 7.21. The molecular weight excluding hydrogens is 308 g/mol. The van der Waals surface area contributed by atoms with E-state index in [-0.39, 0.29) is 30.2 Å². The van der Waals surface area contributed by atoms with Gasteiger partial charge in [0, 0.05) is 25.1 Å². The van der Waals surface area contributed by atoms with Crippen LogP contribution in [0.15, 0.2) is 24.3 Å². The molecule has 2 atom stereocenters. The number of rotatable bonds is 8. The number of urea groups is 1. The van der Waals surface area contributed by atoms with Gasteiger partial charge in [0.15, 0.2) is 0 Å². The van der Waals surface area contributed by atoms with Crippen molar-refractivity contribution in [2.75, 3.05) is 6.61 Å². The van der Waals surface area contributed by atoms with Crippen molar-refractivity contribution < 1.29 is 19.8 Å². The SMILES string of the molecule is O=C(NCc1ccc(C(=O)O)cc1)NC(C1CC1)C(CO)C1CC1. The van der Waals surface area contributed by atoms with Gasteiger partial charge in [-0.2, -0.15) is 0 Å². The van der Waals surface area contributed by atoms with E-state index < -0.39 is 5.97 Å². The summed E-state index contributed by atoms with van der Waals surface area (Å²) in [5, 5.41) is 24.4. The Morgan fingerprint density at radius 1 is 1.08 bits per heavy atom. The minimum absolute atomic E-state index is 0.0527. The van der Waals surface area contributed by atoms with Crippen LogP contribution in [0.1, 0.15) is 41.6 Å².